The van der Waals surface area contributed by atoms with Gasteiger partial charge in [0, 0.05) is 0 Å². The van der Waals surface area contributed by atoms with Gasteiger partial charge in [0.1, 0.15) is 0 Å². The Kier molecular flexibility index (Phi) is 4.98. The second-order valence-corrected chi connectivity index (χ2v) is 14.3. The molecule has 0 nitrogen and oxygen atoms in total. The molecule has 1 aromatic rings. The van der Waals surface area contributed by atoms with Crippen molar-refractivity contribution < 1.29 is 0 Å². The van der Waals surface area contributed by atoms with Crippen LogP contribution in [0.5, 0.6) is 0 Å². The fourth-order valence-corrected chi connectivity index (χ4v) is 6.86. The predicted molar refractivity (Wildman–Crippen MR) is 70.5 cm³/mol. The first-order valence-corrected chi connectivity index (χ1v) is 11.3. The summed E-state index contributed by atoms with van der Waals surface area (Å²) in [6, 6.07) is 10.4. The first-order chi connectivity index (χ1) is 7.26. The summed E-state index contributed by atoms with van der Waals surface area (Å²) in [5, 5.41) is 3.98. The third kappa shape index (κ3) is 3.43. The molecular formula is C14H20Ge. The molecule has 0 aliphatic heterocycles. The topological polar surface area (TPSA) is 0 Å². The van der Waals surface area contributed by atoms with Gasteiger partial charge in [0.05, 0.1) is 0 Å². The Hall–Kier alpha value is -0.677. The van der Waals surface area contributed by atoms with Crippen molar-refractivity contribution in [3.63, 3.8) is 0 Å². The third-order valence-corrected chi connectivity index (χ3v) is 13.2. The normalized spacial score (nSPS) is 10.6. The molecule has 1 rings (SSSR count). The van der Waals surface area contributed by atoms with Crippen molar-refractivity contribution in [2.45, 2.75) is 36.5 Å². The van der Waals surface area contributed by atoms with Gasteiger partial charge in [-0.1, -0.05) is 0 Å². The maximum absolute atomic E-state index is 3.64. The van der Waals surface area contributed by atoms with Crippen molar-refractivity contribution >= 4 is 13.3 Å². The summed E-state index contributed by atoms with van der Waals surface area (Å²) in [6.45, 7) is 6.94. The number of rotatable bonds is 3. The van der Waals surface area contributed by atoms with Crippen molar-refractivity contribution in [1.82, 2.24) is 0 Å². The molecule has 80 valence electrons. The van der Waals surface area contributed by atoms with E-state index in [0.717, 1.165) is 0 Å². The molecule has 0 aliphatic carbocycles. The van der Waals surface area contributed by atoms with E-state index in [2.05, 4.69) is 55.7 Å². The Morgan fingerprint density at radius 3 is 1.93 bits per heavy atom. The molecule has 0 fully saturated rings. The van der Waals surface area contributed by atoms with E-state index in [4.69, 9.17) is 0 Å². The van der Waals surface area contributed by atoms with Gasteiger partial charge in [-0.05, 0) is 0 Å². The summed E-state index contributed by atoms with van der Waals surface area (Å²) < 4.78 is 3.64. The van der Waals surface area contributed by atoms with Crippen LogP contribution < -0.4 is 0 Å². The van der Waals surface area contributed by atoms with Gasteiger partial charge in [-0.2, -0.15) is 0 Å². The molecule has 0 heterocycles. The van der Waals surface area contributed by atoms with Gasteiger partial charge >= 0.3 is 96.4 Å². The Balaban J connectivity index is 2.88. The second-order valence-electron chi connectivity index (χ2n) is 3.96. The molecule has 0 spiro atoms. The molecule has 15 heavy (non-hydrogen) atoms. The van der Waals surface area contributed by atoms with Crippen molar-refractivity contribution in [3.05, 3.63) is 35.9 Å². The quantitative estimate of drug-likeness (QED) is 0.567. The van der Waals surface area contributed by atoms with Gasteiger partial charge < -0.3 is 0 Å². The average Bonchev–Trinajstić information content (AvgIpc) is 2.33. The molecule has 0 bridgehead atoms. The zero-order valence-electron chi connectivity index (χ0n) is 10.0. The summed E-state index contributed by atoms with van der Waals surface area (Å²) in [7, 11) is 0. The molecule has 0 atom stereocenters. The fraction of sp³-hybridized carbons (Fsp3) is 0.429. The molecule has 0 saturated heterocycles. The molecule has 1 aromatic carbocycles. The van der Waals surface area contributed by atoms with Crippen LogP contribution in [-0.2, 0) is 0 Å². The van der Waals surface area contributed by atoms with E-state index in [1.807, 2.05) is 6.07 Å². The van der Waals surface area contributed by atoms with Crippen molar-refractivity contribution in [1.29, 1.82) is 0 Å². The van der Waals surface area contributed by atoms with Gasteiger partial charge in [-0.15, -0.1) is 0 Å². The molecule has 0 N–H and O–H groups in total. The van der Waals surface area contributed by atoms with Crippen LogP contribution in [0.1, 0.15) is 26.3 Å². The number of benzene rings is 1. The van der Waals surface area contributed by atoms with E-state index in [9.17, 15) is 0 Å². The zero-order valence-corrected chi connectivity index (χ0v) is 12.1. The van der Waals surface area contributed by atoms with E-state index >= 15 is 0 Å². The van der Waals surface area contributed by atoms with Gasteiger partial charge in [-0.25, -0.2) is 0 Å². The summed E-state index contributed by atoms with van der Waals surface area (Å²) >= 11 is -1.78. The SMILES string of the molecule is C[CH2][Ge]([C]#Cc1ccccc1)([CH2]C)[CH2]C. The summed E-state index contributed by atoms with van der Waals surface area (Å²) in [5.74, 6) is 3.37. The van der Waals surface area contributed by atoms with Crippen LogP contribution in [0.25, 0.3) is 0 Å². The second kappa shape index (κ2) is 6.03. The molecule has 0 saturated carbocycles. The van der Waals surface area contributed by atoms with E-state index in [1.165, 1.54) is 21.3 Å². The van der Waals surface area contributed by atoms with E-state index < -0.39 is 13.3 Å². The Morgan fingerprint density at radius 2 is 1.47 bits per heavy atom. The Morgan fingerprint density at radius 1 is 0.933 bits per heavy atom. The van der Waals surface area contributed by atoms with Crippen LogP contribution >= 0.6 is 0 Å². The van der Waals surface area contributed by atoms with E-state index in [-0.39, 0.29) is 0 Å². The van der Waals surface area contributed by atoms with Gasteiger partial charge in [0.25, 0.3) is 0 Å². The molecule has 0 radical (unpaired) electrons. The molecule has 0 amide bonds. The predicted octanol–water partition coefficient (Wildman–Crippen LogP) is 4.09. The van der Waals surface area contributed by atoms with Crippen LogP contribution in [0.15, 0.2) is 30.3 Å². The molecule has 0 aliphatic rings. The van der Waals surface area contributed by atoms with Crippen LogP contribution in [-0.4, -0.2) is 13.3 Å². The molecule has 1 heteroatoms. The van der Waals surface area contributed by atoms with Crippen molar-refractivity contribution in [2.24, 2.45) is 0 Å². The first kappa shape index (κ1) is 12.4. The van der Waals surface area contributed by atoms with Crippen molar-refractivity contribution in [2.75, 3.05) is 0 Å². The van der Waals surface area contributed by atoms with Crippen LogP contribution in [0.3, 0.4) is 0 Å². The average molecular weight is 261 g/mol. The molecule has 0 unspecified atom stereocenters. The number of hydrogen-bond donors (Lipinski definition) is 0. The van der Waals surface area contributed by atoms with Crippen LogP contribution in [0, 0.1) is 10.7 Å². The zero-order chi connectivity index (χ0) is 11.1. The summed E-state index contributed by atoms with van der Waals surface area (Å²) in [4.78, 5) is 0. The van der Waals surface area contributed by atoms with Gasteiger partial charge in [0.15, 0.2) is 0 Å². The van der Waals surface area contributed by atoms with Crippen LogP contribution in [0.2, 0.25) is 15.8 Å². The monoisotopic (exact) mass is 262 g/mol. The minimum absolute atomic E-state index is 1.17. The molecular weight excluding hydrogens is 241 g/mol. The van der Waals surface area contributed by atoms with Gasteiger partial charge in [0.2, 0.25) is 0 Å². The third-order valence-electron chi connectivity index (χ3n) is 3.28. The standard InChI is InChI=1S/C14H20Ge/c1-4-15(5-2,6-3)13-12-14-10-8-7-9-11-14/h7-11H,4-6H2,1-3H3. The first-order valence-electron chi connectivity index (χ1n) is 5.84. The minimum atomic E-state index is -1.78. The van der Waals surface area contributed by atoms with Crippen molar-refractivity contribution in [3.8, 4) is 10.7 Å². The Labute approximate surface area is 96.5 Å². The van der Waals surface area contributed by atoms with Gasteiger partial charge in [-0.3, -0.25) is 0 Å². The Bertz CT molecular complexity index is 330. The number of hydrogen-bond acceptors (Lipinski definition) is 0. The van der Waals surface area contributed by atoms with E-state index in [0.29, 0.717) is 0 Å². The fourth-order valence-electron chi connectivity index (χ4n) is 1.74. The summed E-state index contributed by atoms with van der Waals surface area (Å²) in [6.07, 6.45) is 0. The van der Waals surface area contributed by atoms with E-state index in [1.54, 1.807) is 0 Å². The molecule has 0 aromatic heterocycles. The maximum atomic E-state index is 3.64. The summed E-state index contributed by atoms with van der Waals surface area (Å²) in [5.41, 5.74) is 1.17. The van der Waals surface area contributed by atoms with Crippen LogP contribution in [0.4, 0.5) is 0 Å².